The fourth-order valence-corrected chi connectivity index (χ4v) is 2.20. The molecule has 1 aliphatic rings. The number of hydrogen-bond donors (Lipinski definition) is 1. The summed E-state index contributed by atoms with van der Waals surface area (Å²) in [6, 6.07) is 5.89. The fourth-order valence-electron chi connectivity index (χ4n) is 2.20. The van der Waals surface area contributed by atoms with Gasteiger partial charge in [0.15, 0.2) is 0 Å². The van der Waals surface area contributed by atoms with Crippen molar-refractivity contribution in [3.8, 4) is 0 Å². The van der Waals surface area contributed by atoms with Crippen LogP contribution in [0, 0.1) is 12.8 Å². The smallest absolute Gasteiger partial charge is 0.337 e. The topological polar surface area (TPSA) is 47.6 Å². The Morgan fingerprint density at radius 1 is 1.42 bits per heavy atom. The van der Waals surface area contributed by atoms with Crippen molar-refractivity contribution in [2.45, 2.75) is 25.8 Å². The van der Waals surface area contributed by atoms with E-state index >= 15 is 0 Å². The molecule has 1 fully saturated rings. The van der Waals surface area contributed by atoms with Crippen LogP contribution in [0.1, 0.15) is 28.8 Å². The van der Waals surface area contributed by atoms with Gasteiger partial charge in [-0.25, -0.2) is 4.79 Å². The third-order valence-electron chi connectivity index (χ3n) is 3.54. The first-order valence-corrected chi connectivity index (χ1v) is 6.60. The predicted molar refractivity (Wildman–Crippen MR) is 74.5 cm³/mol. The lowest BCUT2D eigenvalue weighted by atomic mass is 10.1. The van der Waals surface area contributed by atoms with Gasteiger partial charge in [-0.1, -0.05) is 6.07 Å². The molecule has 1 unspecified atom stereocenters. The highest BCUT2D eigenvalue weighted by molar-refractivity contribution is 5.90. The van der Waals surface area contributed by atoms with Gasteiger partial charge in [0.1, 0.15) is 0 Å². The molecular weight excluding hydrogens is 242 g/mol. The van der Waals surface area contributed by atoms with Crippen LogP contribution in [0.25, 0.3) is 0 Å². The van der Waals surface area contributed by atoms with Crippen molar-refractivity contribution in [1.29, 1.82) is 0 Å². The minimum absolute atomic E-state index is 0.308. The molecule has 0 amide bonds. The van der Waals surface area contributed by atoms with E-state index in [1.54, 1.807) is 13.2 Å². The zero-order valence-corrected chi connectivity index (χ0v) is 11.7. The Kier molecular flexibility index (Phi) is 4.43. The van der Waals surface area contributed by atoms with Gasteiger partial charge in [0.2, 0.25) is 0 Å². The molecule has 0 bridgehead atoms. The largest absolute Gasteiger partial charge is 0.465 e. The van der Waals surface area contributed by atoms with Crippen molar-refractivity contribution in [2.24, 2.45) is 5.92 Å². The third kappa shape index (κ3) is 3.47. The van der Waals surface area contributed by atoms with Crippen LogP contribution < -0.4 is 5.32 Å². The highest BCUT2D eigenvalue weighted by atomic mass is 16.5. The van der Waals surface area contributed by atoms with Gasteiger partial charge in [-0.15, -0.1) is 0 Å². The molecule has 0 radical (unpaired) electrons. The van der Waals surface area contributed by atoms with Crippen molar-refractivity contribution in [2.75, 3.05) is 26.1 Å². The molecule has 1 aromatic carbocycles. The number of aryl methyl sites for hydroxylation is 1. The van der Waals surface area contributed by atoms with Crippen LogP contribution in [-0.2, 0) is 9.47 Å². The summed E-state index contributed by atoms with van der Waals surface area (Å²) in [5, 5.41) is 3.50. The molecular formula is C15H21NO3. The summed E-state index contributed by atoms with van der Waals surface area (Å²) < 4.78 is 10.0. The van der Waals surface area contributed by atoms with Crippen LogP contribution in [0.2, 0.25) is 0 Å². The first-order chi connectivity index (χ1) is 9.15. The first kappa shape index (κ1) is 13.9. The molecule has 104 valence electrons. The molecule has 0 aromatic heterocycles. The number of ether oxygens (including phenoxy) is 2. The third-order valence-corrected chi connectivity index (χ3v) is 3.54. The maximum atomic E-state index is 11.6. The number of carbonyl (C=O) groups excluding carboxylic acids is 1. The van der Waals surface area contributed by atoms with Gasteiger partial charge in [0.25, 0.3) is 0 Å². The number of rotatable bonds is 6. The zero-order valence-electron chi connectivity index (χ0n) is 11.7. The molecule has 2 rings (SSSR count). The summed E-state index contributed by atoms with van der Waals surface area (Å²) in [5.74, 6) is 0.374. The standard InChI is InChI=1S/C15H21NO3/c1-10-4-5-12(15(17)19-3)8-13(10)16-14(9-18-2)11-6-7-11/h4-5,8,11,14,16H,6-7,9H2,1-3H3. The van der Waals surface area contributed by atoms with Gasteiger partial charge in [-0.05, 0) is 43.4 Å². The molecule has 4 heteroatoms. The van der Waals surface area contributed by atoms with Gasteiger partial charge < -0.3 is 14.8 Å². The monoisotopic (exact) mass is 263 g/mol. The lowest BCUT2D eigenvalue weighted by molar-refractivity contribution is 0.0601. The van der Waals surface area contributed by atoms with E-state index in [9.17, 15) is 4.79 Å². The minimum Gasteiger partial charge on any atom is -0.465 e. The number of anilines is 1. The SMILES string of the molecule is COCC(Nc1cc(C(=O)OC)ccc1C)C1CC1. The Morgan fingerprint density at radius 3 is 2.74 bits per heavy atom. The van der Waals surface area contributed by atoms with Gasteiger partial charge in [0, 0.05) is 12.8 Å². The van der Waals surface area contributed by atoms with Gasteiger partial charge in [-0.3, -0.25) is 0 Å². The van der Waals surface area contributed by atoms with E-state index in [1.807, 2.05) is 19.1 Å². The number of carbonyl (C=O) groups is 1. The number of nitrogens with one attached hydrogen (secondary N) is 1. The van der Waals surface area contributed by atoms with E-state index in [0.717, 1.165) is 11.3 Å². The fraction of sp³-hybridized carbons (Fsp3) is 0.533. The zero-order chi connectivity index (χ0) is 13.8. The Bertz CT molecular complexity index is 455. The van der Waals surface area contributed by atoms with E-state index in [-0.39, 0.29) is 5.97 Å². The molecule has 1 N–H and O–H groups in total. The van der Waals surface area contributed by atoms with Crippen molar-refractivity contribution in [3.05, 3.63) is 29.3 Å². The Labute approximate surface area is 114 Å². The molecule has 0 spiro atoms. The summed E-state index contributed by atoms with van der Waals surface area (Å²) in [7, 11) is 3.11. The van der Waals surface area contributed by atoms with E-state index in [4.69, 9.17) is 9.47 Å². The minimum atomic E-state index is -0.308. The predicted octanol–water partition coefficient (Wildman–Crippen LogP) is 2.62. The summed E-state index contributed by atoms with van der Waals surface area (Å²) in [6.45, 7) is 2.71. The van der Waals surface area contributed by atoms with Crippen LogP contribution in [0.5, 0.6) is 0 Å². The van der Waals surface area contributed by atoms with Crippen molar-refractivity contribution < 1.29 is 14.3 Å². The maximum Gasteiger partial charge on any atom is 0.337 e. The van der Waals surface area contributed by atoms with Crippen LogP contribution in [0.4, 0.5) is 5.69 Å². The van der Waals surface area contributed by atoms with Crippen LogP contribution in [-0.4, -0.2) is 32.8 Å². The molecule has 1 atom stereocenters. The van der Waals surface area contributed by atoms with E-state index < -0.39 is 0 Å². The van der Waals surface area contributed by atoms with Crippen LogP contribution >= 0.6 is 0 Å². The van der Waals surface area contributed by atoms with Gasteiger partial charge in [-0.2, -0.15) is 0 Å². The Balaban J connectivity index is 2.15. The summed E-state index contributed by atoms with van der Waals surface area (Å²) in [5.41, 5.74) is 2.67. The van der Waals surface area contributed by atoms with Crippen LogP contribution in [0.15, 0.2) is 18.2 Å². The highest BCUT2D eigenvalue weighted by Gasteiger charge is 2.31. The average Bonchev–Trinajstić information content (AvgIpc) is 3.24. The number of benzene rings is 1. The normalized spacial score (nSPS) is 15.9. The number of esters is 1. The maximum absolute atomic E-state index is 11.6. The molecule has 0 aliphatic heterocycles. The number of methoxy groups -OCH3 is 2. The van der Waals surface area contributed by atoms with E-state index in [2.05, 4.69) is 5.32 Å². The summed E-state index contributed by atoms with van der Waals surface area (Å²) in [4.78, 5) is 11.6. The summed E-state index contributed by atoms with van der Waals surface area (Å²) in [6.07, 6.45) is 2.49. The average molecular weight is 263 g/mol. The number of hydrogen-bond acceptors (Lipinski definition) is 4. The Hall–Kier alpha value is -1.55. The second kappa shape index (κ2) is 6.06. The van der Waals surface area contributed by atoms with Gasteiger partial charge >= 0.3 is 5.97 Å². The molecule has 1 aromatic rings. The van der Waals surface area contributed by atoms with Crippen molar-refractivity contribution in [3.63, 3.8) is 0 Å². The molecule has 1 aliphatic carbocycles. The quantitative estimate of drug-likeness (QED) is 0.801. The second-order valence-electron chi connectivity index (χ2n) is 5.06. The first-order valence-electron chi connectivity index (χ1n) is 6.60. The Morgan fingerprint density at radius 2 is 2.16 bits per heavy atom. The van der Waals surface area contributed by atoms with Crippen molar-refractivity contribution >= 4 is 11.7 Å². The molecule has 1 saturated carbocycles. The van der Waals surface area contributed by atoms with Crippen LogP contribution in [0.3, 0.4) is 0 Å². The molecule has 0 heterocycles. The lowest BCUT2D eigenvalue weighted by Crippen LogP contribution is -2.27. The molecule has 0 saturated heterocycles. The second-order valence-corrected chi connectivity index (χ2v) is 5.06. The van der Waals surface area contributed by atoms with Gasteiger partial charge in [0.05, 0.1) is 25.3 Å². The summed E-state index contributed by atoms with van der Waals surface area (Å²) >= 11 is 0. The highest BCUT2D eigenvalue weighted by Crippen LogP contribution is 2.35. The lowest BCUT2D eigenvalue weighted by Gasteiger charge is -2.20. The van der Waals surface area contributed by atoms with E-state index in [1.165, 1.54) is 20.0 Å². The molecule has 19 heavy (non-hydrogen) atoms. The van der Waals surface area contributed by atoms with Crippen molar-refractivity contribution in [1.82, 2.24) is 0 Å². The van der Waals surface area contributed by atoms with E-state index in [0.29, 0.717) is 24.1 Å². The molecule has 4 nitrogen and oxygen atoms in total.